The maximum absolute atomic E-state index is 12.4. The van der Waals surface area contributed by atoms with Crippen molar-refractivity contribution in [2.45, 2.75) is 40.5 Å². The summed E-state index contributed by atoms with van der Waals surface area (Å²) in [6.07, 6.45) is 3.26. The third kappa shape index (κ3) is 8.38. The Balaban J connectivity index is 2.86. The molecule has 1 aromatic rings. The second-order valence-electron chi connectivity index (χ2n) is 7.03. The average Bonchev–Trinajstić information content (AvgIpc) is 2.53. The van der Waals surface area contributed by atoms with E-state index in [0.717, 1.165) is 12.8 Å². The lowest BCUT2D eigenvalue weighted by molar-refractivity contribution is -0.123. The van der Waals surface area contributed by atoms with E-state index in [0.29, 0.717) is 30.5 Å². The predicted octanol–water partition coefficient (Wildman–Crippen LogP) is 3.10. The van der Waals surface area contributed by atoms with Gasteiger partial charge in [-0.1, -0.05) is 39.8 Å². The number of hydrogen-bond acceptors (Lipinski definition) is 3. The molecule has 138 valence electrons. The van der Waals surface area contributed by atoms with Gasteiger partial charge in [0.25, 0.3) is 11.8 Å². The summed E-state index contributed by atoms with van der Waals surface area (Å²) in [5.41, 5.74) is 0.768. The average molecular weight is 346 g/mol. The van der Waals surface area contributed by atoms with Gasteiger partial charge in [-0.3, -0.25) is 9.59 Å². The monoisotopic (exact) mass is 346 g/mol. The number of aromatic hydroxyl groups is 1. The summed E-state index contributed by atoms with van der Waals surface area (Å²) >= 11 is 0. The van der Waals surface area contributed by atoms with Gasteiger partial charge in [0.1, 0.15) is 11.3 Å². The number of phenols is 1. The highest BCUT2D eigenvalue weighted by Crippen LogP contribution is 2.13. The first kappa shape index (κ1) is 20.7. The fraction of sp³-hybridized carbons (Fsp3) is 0.500. The van der Waals surface area contributed by atoms with Gasteiger partial charge in [-0.05, 0) is 48.4 Å². The SMILES string of the molecule is CC(C)CCNC(=O)C(=Cc1ccc(O)cc1)C(=O)NCCC(C)C. The van der Waals surface area contributed by atoms with E-state index in [1.165, 1.54) is 12.1 Å². The standard InChI is InChI=1S/C20H30N2O3/c1-14(2)9-11-21-19(24)18(20(25)22-12-10-15(3)4)13-16-5-7-17(23)8-6-16/h5-8,13-15,23H,9-12H2,1-4H3,(H,21,24)(H,22,25). The van der Waals surface area contributed by atoms with Crippen LogP contribution >= 0.6 is 0 Å². The van der Waals surface area contributed by atoms with Crippen molar-refractivity contribution in [2.75, 3.05) is 13.1 Å². The van der Waals surface area contributed by atoms with Gasteiger partial charge < -0.3 is 15.7 Å². The molecule has 0 saturated heterocycles. The summed E-state index contributed by atoms with van der Waals surface area (Å²) in [5.74, 6) is 0.336. The predicted molar refractivity (Wildman–Crippen MR) is 101 cm³/mol. The summed E-state index contributed by atoms with van der Waals surface area (Å²) in [6.45, 7) is 9.39. The Bertz CT molecular complexity index is 561. The molecule has 1 aromatic carbocycles. The molecule has 0 aliphatic rings. The Morgan fingerprint density at radius 2 is 1.36 bits per heavy atom. The van der Waals surface area contributed by atoms with Crippen LogP contribution in [0.2, 0.25) is 0 Å². The number of rotatable bonds is 9. The van der Waals surface area contributed by atoms with E-state index in [1.807, 2.05) is 0 Å². The van der Waals surface area contributed by atoms with Crippen molar-refractivity contribution in [1.82, 2.24) is 10.6 Å². The number of nitrogens with one attached hydrogen (secondary N) is 2. The summed E-state index contributed by atoms with van der Waals surface area (Å²) in [5, 5.41) is 15.0. The minimum absolute atomic E-state index is 0.0817. The fourth-order valence-electron chi connectivity index (χ4n) is 2.11. The summed E-state index contributed by atoms with van der Waals surface area (Å²) < 4.78 is 0. The van der Waals surface area contributed by atoms with Crippen molar-refractivity contribution in [3.05, 3.63) is 35.4 Å². The van der Waals surface area contributed by atoms with Crippen LogP contribution in [0.25, 0.3) is 6.08 Å². The molecule has 0 atom stereocenters. The fourth-order valence-corrected chi connectivity index (χ4v) is 2.11. The van der Waals surface area contributed by atoms with Crippen molar-refractivity contribution in [1.29, 1.82) is 0 Å². The third-order valence-electron chi connectivity index (χ3n) is 3.71. The molecule has 5 nitrogen and oxygen atoms in total. The van der Waals surface area contributed by atoms with Gasteiger partial charge >= 0.3 is 0 Å². The largest absolute Gasteiger partial charge is 0.508 e. The minimum atomic E-state index is -0.379. The number of carbonyl (C=O) groups excluding carboxylic acids is 2. The van der Waals surface area contributed by atoms with Gasteiger partial charge in [-0.25, -0.2) is 0 Å². The molecule has 0 radical (unpaired) electrons. The molecule has 0 aliphatic heterocycles. The molecule has 0 fully saturated rings. The molecule has 5 heteroatoms. The van der Waals surface area contributed by atoms with E-state index in [4.69, 9.17) is 0 Å². The lowest BCUT2D eigenvalue weighted by atomic mass is 10.1. The van der Waals surface area contributed by atoms with Crippen LogP contribution in [-0.2, 0) is 9.59 Å². The molecule has 2 amide bonds. The highest BCUT2D eigenvalue weighted by atomic mass is 16.3. The third-order valence-corrected chi connectivity index (χ3v) is 3.71. The van der Waals surface area contributed by atoms with Crippen LogP contribution in [0.5, 0.6) is 5.75 Å². The first-order valence-corrected chi connectivity index (χ1v) is 8.86. The first-order valence-electron chi connectivity index (χ1n) is 8.86. The molecular weight excluding hydrogens is 316 g/mol. The zero-order valence-corrected chi connectivity index (χ0v) is 15.6. The Morgan fingerprint density at radius 3 is 1.76 bits per heavy atom. The quantitative estimate of drug-likeness (QED) is 0.365. The molecule has 0 unspecified atom stereocenters. The zero-order valence-electron chi connectivity index (χ0n) is 15.6. The van der Waals surface area contributed by atoms with Crippen LogP contribution in [0.15, 0.2) is 29.8 Å². The van der Waals surface area contributed by atoms with Crippen molar-refractivity contribution in [3.8, 4) is 5.75 Å². The highest BCUT2D eigenvalue weighted by molar-refractivity contribution is 6.21. The lowest BCUT2D eigenvalue weighted by Crippen LogP contribution is -2.36. The van der Waals surface area contributed by atoms with Crippen LogP contribution in [0.4, 0.5) is 0 Å². The molecule has 25 heavy (non-hydrogen) atoms. The highest BCUT2D eigenvalue weighted by Gasteiger charge is 2.18. The summed E-state index contributed by atoms with van der Waals surface area (Å²) in [7, 11) is 0. The molecule has 0 saturated carbocycles. The molecule has 0 aromatic heterocycles. The van der Waals surface area contributed by atoms with Crippen LogP contribution in [0.3, 0.4) is 0 Å². The smallest absolute Gasteiger partial charge is 0.256 e. The molecule has 0 heterocycles. The van der Waals surface area contributed by atoms with Crippen molar-refractivity contribution >= 4 is 17.9 Å². The Hall–Kier alpha value is -2.30. The van der Waals surface area contributed by atoms with Crippen molar-refractivity contribution < 1.29 is 14.7 Å². The van der Waals surface area contributed by atoms with Crippen LogP contribution < -0.4 is 10.6 Å². The Labute approximate surface area is 150 Å². The molecule has 0 aliphatic carbocycles. The van der Waals surface area contributed by atoms with Gasteiger partial charge in [-0.15, -0.1) is 0 Å². The number of benzene rings is 1. The number of hydrogen-bond donors (Lipinski definition) is 3. The Morgan fingerprint density at radius 1 is 0.920 bits per heavy atom. The van der Waals surface area contributed by atoms with Crippen LogP contribution in [-0.4, -0.2) is 30.0 Å². The number of amides is 2. The van der Waals surface area contributed by atoms with Crippen LogP contribution in [0.1, 0.15) is 46.1 Å². The van der Waals surface area contributed by atoms with E-state index >= 15 is 0 Å². The van der Waals surface area contributed by atoms with E-state index in [1.54, 1.807) is 18.2 Å². The maximum Gasteiger partial charge on any atom is 0.256 e. The van der Waals surface area contributed by atoms with E-state index in [9.17, 15) is 14.7 Å². The summed E-state index contributed by atoms with van der Waals surface area (Å²) in [6, 6.07) is 6.38. The topological polar surface area (TPSA) is 78.4 Å². The van der Waals surface area contributed by atoms with Crippen molar-refractivity contribution in [2.24, 2.45) is 11.8 Å². The van der Waals surface area contributed by atoms with Crippen LogP contribution in [0, 0.1) is 11.8 Å². The van der Waals surface area contributed by atoms with Gasteiger partial charge in [0, 0.05) is 13.1 Å². The molecular formula is C20H30N2O3. The van der Waals surface area contributed by atoms with Gasteiger partial charge in [0.2, 0.25) is 0 Å². The Kier molecular flexibility index (Phi) is 8.75. The molecule has 1 rings (SSSR count). The minimum Gasteiger partial charge on any atom is -0.508 e. The van der Waals surface area contributed by atoms with Crippen molar-refractivity contribution in [3.63, 3.8) is 0 Å². The second kappa shape index (κ2) is 10.5. The van der Waals surface area contributed by atoms with E-state index < -0.39 is 0 Å². The second-order valence-corrected chi connectivity index (χ2v) is 7.03. The lowest BCUT2D eigenvalue weighted by Gasteiger charge is -2.12. The van der Waals surface area contributed by atoms with Gasteiger partial charge in [-0.2, -0.15) is 0 Å². The molecule has 3 N–H and O–H groups in total. The normalized spacial score (nSPS) is 10.6. The van der Waals surface area contributed by atoms with Gasteiger partial charge in [0.05, 0.1) is 0 Å². The first-order chi connectivity index (χ1) is 11.8. The van der Waals surface area contributed by atoms with E-state index in [-0.39, 0.29) is 23.1 Å². The summed E-state index contributed by atoms with van der Waals surface area (Å²) in [4.78, 5) is 24.9. The van der Waals surface area contributed by atoms with E-state index in [2.05, 4.69) is 38.3 Å². The maximum atomic E-state index is 12.4. The van der Waals surface area contributed by atoms with Gasteiger partial charge in [0.15, 0.2) is 0 Å². The zero-order chi connectivity index (χ0) is 18.8. The molecule has 0 spiro atoms. The molecule has 0 bridgehead atoms. The number of carbonyl (C=O) groups is 2. The number of phenolic OH excluding ortho intramolecular Hbond substituents is 1.